The summed E-state index contributed by atoms with van der Waals surface area (Å²) < 4.78 is 67.3. The van der Waals surface area contributed by atoms with E-state index in [4.69, 9.17) is 0 Å². The first-order valence-corrected chi connectivity index (χ1v) is 9.83. The number of hydrogen-bond acceptors (Lipinski definition) is 3. The van der Waals surface area contributed by atoms with Crippen LogP contribution < -0.4 is 0 Å². The van der Waals surface area contributed by atoms with E-state index in [1.54, 1.807) is 4.90 Å². The molecule has 1 fully saturated rings. The summed E-state index contributed by atoms with van der Waals surface area (Å²) in [4.78, 5) is 16.6. The summed E-state index contributed by atoms with van der Waals surface area (Å²) in [5.74, 6) is -4.26. The SMILES string of the molecule is CCN1Cc2[nH]nc(C(=O)N3CCC(c4ccc(F)c(F)c4C(F)(F)F)CC3)c2C1. The number of nitrogens with zero attached hydrogens (tertiary/aromatic N) is 3. The van der Waals surface area contributed by atoms with Crippen molar-refractivity contribution in [3.63, 3.8) is 0 Å². The number of H-pyrrole nitrogens is 1. The second-order valence-corrected chi connectivity index (χ2v) is 7.72. The van der Waals surface area contributed by atoms with Crippen LogP contribution in [0.3, 0.4) is 0 Å². The van der Waals surface area contributed by atoms with Gasteiger partial charge in [-0.05, 0) is 36.9 Å². The predicted octanol–water partition coefficient (Wildman–Crippen LogP) is 4.06. The van der Waals surface area contributed by atoms with E-state index in [-0.39, 0.29) is 37.4 Å². The van der Waals surface area contributed by atoms with Crippen LogP contribution in [0.25, 0.3) is 0 Å². The molecule has 1 aromatic heterocycles. The number of amides is 1. The van der Waals surface area contributed by atoms with Gasteiger partial charge in [0.2, 0.25) is 0 Å². The molecule has 0 unspecified atom stereocenters. The molecule has 1 aromatic carbocycles. The molecule has 0 radical (unpaired) electrons. The Bertz CT molecular complexity index is 963. The molecule has 2 aromatic rings. The average Bonchev–Trinajstić information content (AvgIpc) is 3.29. The summed E-state index contributed by atoms with van der Waals surface area (Å²) >= 11 is 0. The highest BCUT2D eigenvalue weighted by Crippen LogP contribution is 2.41. The van der Waals surface area contributed by atoms with Crippen molar-refractivity contribution in [1.29, 1.82) is 0 Å². The van der Waals surface area contributed by atoms with Gasteiger partial charge in [-0.25, -0.2) is 8.78 Å². The summed E-state index contributed by atoms with van der Waals surface area (Å²) in [6.07, 6.45) is -4.53. The van der Waals surface area contributed by atoms with Crippen molar-refractivity contribution >= 4 is 5.91 Å². The number of piperidine rings is 1. The minimum atomic E-state index is -4.99. The van der Waals surface area contributed by atoms with Gasteiger partial charge in [-0.15, -0.1) is 0 Å². The van der Waals surface area contributed by atoms with E-state index < -0.39 is 29.3 Å². The Balaban J connectivity index is 1.50. The fourth-order valence-corrected chi connectivity index (χ4v) is 4.34. The number of rotatable bonds is 3. The molecular weight excluding hydrogens is 407 g/mol. The molecule has 1 saturated heterocycles. The topological polar surface area (TPSA) is 52.2 Å². The van der Waals surface area contributed by atoms with Crippen molar-refractivity contribution in [3.8, 4) is 0 Å². The molecule has 0 atom stereocenters. The first-order valence-electron chi connectivity index (χ1n) is 9.83. The van der Waals surface area contributed by atoms with Crippen LogP contribution in [0, 0.1) is 11.6 Å². The predicted molar refractivity (Wildman–Crippen MR) is 97.6 cm³/mol. The maximum Gasteiger partial charge on any atom is 0.419 e. The van der Waals surface area contributed by atoms with Crippen LogP contribution in [0.2, 0.25) is 0 Å². The molecule has 0 aliphatic carbocycles. The van der Waals surface area contributed by atoms with E-state index in [9.17, 15) is 26.7 Å². The number of fused-ring (bicyclic) bond motifs is 1. The standard InChI is InChI=1S/C20H21F5N4O/c1-2-28-9-13-15(10-28)26-27-18(13)19(30)29-7-5-11(6-8-29)12-3-4-14(21)17(22)16(12)20(23,24)25/h3-4,11H,2,5-10H2,1H3,(H,26,27). The Morgan fingerprint density at radius 1 is 1.20 bits per heavy atom. The Morgan fingerprint density at radius 3 is 2.53 bits per heavy atom. The fraction of sp³-hybridized carbons (Fsp3) is 0.500. The zero-order valence-electron chi connectivity index (χ0n) is 16.3. The lowest BCUT2D eigenvalue weighted by Gasteiger charge is -2.33. The quantitative estimate of drug-likeness (QED) is 0.751. The number of benzene rings is 1. The first kappa shape index (κ1) is 20.8. The van der Waals surface area contributed by atoms with Crippen LogP contribution in [0.15, 0.2) is 12.1 Å². The number of halogens is 5. The summed E-state index contributed by atoms with van der Waals surface area (Å²) in [5, 5.41) is 7.04. The van der Waals surface area contributed by atoms with Crippen molar-refractivity contribution in [2.75, 3.05) is 19.6 Å². The van der Waals surface area contributed by atoms with E-state index in [1.807, 2.05) is 6.92 Å². The Hall–Kier alpha value is -2.49. The Labute approximate surface area is 169 Å². The number of aromatic amines is 1. The first-order chi connectivity index (χ1) is 14.2. The highest BCUT2D eigenvalue weighted by Gasteiger charge is 2.41. The fourth-order valence-electron chi connectivity index (χ4n) is 4.34. The molecule has 3 heterocycles. The van der Waals surface area contributed by atoms with E-state index in [0.29, 0.717) is 18.8 Å². The van der Waals surface area contributed by atoms with Gasteiger partial charge in [-0.1, -0.05) is 13.0 Å². The van der Waals surface area contributed by atoms with Crippen LogP contribution in [0.5, 0.6) is 0 Å². The van der Waals surface area contributed by atoms with Gasteiger partial charge in [0.05, 0.1) is 11.3 Å². The van der Waals surface area contributed by atoms with Crippen molar-refractivity contribution < 1.29 is 26.7 Å². The summed E-state index contributed by atoms with van der Waals surface area (Å²) in [5.41, 5.74) is 0.323. The van der Waals surface area contributed by atoms with Crippen LogP contribution in [-0.2, 0) is 19.3 Å². The molecule has 162 valence electrons. The lowest BCUT2D eigenvalue weighted by Crippen LogP contribution is -2.39. The van der Waals surface area contributed by atoms with E-state index in [2.05, 4.69) is 15.1 Å². The highest BCUT2D eigenvalue weighted by molar-refractivity contribution is 5.94. The van der Waals surface area contributed by atoms with Crippen LogP contribution in [0.4, 0.5) is 22.0 Å². The van der Waals surface area contributed by atoms with Crippen molar-refractivity contribution in [1.82, 2.24) is 20.0 Å². The van der Waals surface area contributed by atoms with E-state index in [1.165, 1.54) is 0 Å². The van der Waals surface area contributed by atoms with Crippen LogP contribution in [0.1, 0.15) is 58.6 Å². The van der Waals surface area contributed by atoms with Gasteiger partial charge in [-0.3, -0.25) is 14.8 Å². The Kier molecular flexibility index (Phi) is 5.29. The van der Waals surface area contributed by atoms with Crippen molar-refractivity contribution in [3.05, 3.63) is 51.8 Å². The Morgan fingerprint density at radius 2 is 1.90 bits per heavy atom. The molecule has 2 aliphatic heterocycles. The maximum absolute atomic E-state index is 13.9. The number of alkyl halides is 3. The third-order valence-corrected chi connectivity index (χ3v) is 6.00. The van der Waals surface area contributed by atoms with E-state index in [0.717, 1.165) is 29.9 Å². The smallest absolute Gasteiger partial charge is 0.337 e. The van der Waals surface area contributed by atoms with Gasteiger partial charge in [-0.2, -0.15) is 18.3 Å². The summed E-state index contributed by atoms with van der Waals surface area (Å²) in [6.45, 7) is 4.64. The molecule has 0 saturated carbocycles. The minimum Gasteiger partial charge on any atom is -0.337 e. The zero-order chi connectivity index (χ0) is 21.6. The third-order valence-electron chi connectivity index (χ3n) is 6.00. The number of aromatic nitrogens is 2. The maximum atomic E-state index is 13.9. The van der Waals surface area contributed by atoms with Gasteiger partial charge in [0.15, 0.2) is 17.3 Å². The number of nitrogens with one attached hydrogen (secondary N) is 1. The molecule has 5 nitrogen and oxygen atoms in total. The van der Waals surface area contributed by atoms with Gasteiger partial charge in [0, 0.05) is 31.7 Å². The lowest BCUT2D eigenvalue weighted by molar-refractivity contribution is -0.141. The van der Waals surface area contributed by atoms with Gasteiger partial charge < -0.3 is 4.90 Å². The summed E-state index contributed by atoms with van der Waals surface area (Å²) in [6, 6.07) is 1.73. The molecule has 1 N–H and O–H groups in total. The normalized spacial score (nSPS) is 18.1. The summed E-state index contributed by atoms with van der Waals surface area (Å²) in [7, 11) is 0. The van der Waals surface area contributed by atoms with Crippen molar-refractivity contribution in [2.45, 2.75) is 44.9 Å². The number of carbonyl (C=O) groups is 1. The number of carbonyl (C=O) groups excluding carboxylic acids is 1. The molecule has 2 aliphatic rings. The van der Waals surface area contributed by atoms with Crippen LogP contribution >= 0.6 is 0 Å². The molecule has 0 bridgehead atoms. The molecular formula is C20H21F5N4O. The second kappa shape index (κ2) is 7.64. The largest absolute Gasteiger partial charge is 0.419 e. The molecule has 4 rings (SSSR count). The van der Waals surface area contributed by atoms with Crippen molar-refractivity contribution in [2.24, 2.45) is 0 Å². The number of hydrogen-bond donors (Lipinski definition) is 1. The minimum absolute atomic E-state index is 0.221. The highest BCUT2D eigenvalue weighted by atomic mass is 19.4. The number of likely N-dealkylation sites (tertiary alicyclic amines) is 1. The van der Waals surface area contributed by atoms with Crippen LogP contribution in [-0.4, -0.2) is 45.5 Å². The molecule has 30 heavy (non-hydrogen) atoms. The third kappa shape index (κ3) is 3.57. The lowest BCUT2D eigenvalue weighted by atomic mass is 9.86. The second-order valence-electron chi connectivity index (χ2n) is 7.72. The van der Waals surface area contributed by atoms with Gasteiger partial charge in [0.1, 0.15) is 0 Å². The molecule has 1 amide bonds. The van der Waals surface area contributed by atoms with Gasteiger partial charge in [0.25, 0.3) is 5.91 Å². The average molecular weight is 428 g/mol. The molecule has 10 heteroatoms. The monoisotopic (exact) mass is 428 g/mol. The van der Waals surface area contributed by atoms with Gasteiger partial charge >= 0.3 is 6.18 Å². The van der Waals surface area contributed by atoms with E-state index >= 15 is 0 Å². The molecule has 0 spiro atoms. The zero-order valence-corrected chi connectivity index (χ0v) is 16.3.